The Balaban J connectivity index is 1.57. The Hall–Kier alpha value is -3.94. The summed E-state index contributed by atoms with van der Waals surface area (Å²) in [4.78, 5) is 29.4. The second kappa shape index (κ2) is 7.36. The minimum absolute atomic E-state index is 0.295. The van der Waals surface area contributed by atoms with Crippen LogP contribution in [0.25, 0.3) is 16.7 Å². The Kier molecular flexibility index (Phi) is 4.59. The summed E-state index contributed by atoms with van der Waals surface area (Å²) in [6.45, 7) is 1.60. The summed E-state index contributed by atoms with van der Waals surface area (Å²) in [6.07, 6.45) is 1.90. The Bertz CT molecular complexity index is 1170. The molecule has 2 aromatic heterocycles. The van der Waals surface area contributed by atoms with Crippen molar-refractivity contribution in [3.63, 3.8) is 0 Å². The standard InChI is InChI=1S/C20H17N5O3/c1-14(28-16-10-6-3-7-11-16)19(26)23-24-13-21-18-17(20(24)27)12-22-25(18)15-8-4-2-5-9-15/h2-14H,1H3,(H,23,26). The molecule has 4 aromatic rings. The van der Waals surface area contributed by atoms with Crippen molar-refractivity contribution in [3.8, 4) is 11.4 Å². The van der Waals surface area contributed by atoms with Gasteiger partial charge in [-0.1, -0.05) is 36.4 Å². The van der Waals surface area contributed by atoms with Gasteiger partial charge in [0, 0.05) is 0 Å². The van der Waals surface area contributed by atoms with E-state index >= 15 is 0 Å². The minimum Gasteiger partial charge on any atom is -0.481 e. The number of hydrogen-bond acceptors (Lipinski definition) is 5. The van der Waals surface area contributed by atoms with Crippen LogP contribution in [0.3, 0.4) is 0 Å². The molecule has 0 radical (unpaired) electrons. The average molecular weight is 375 g/mol. The van der Waals surface area contributed by atoms with Gasteiger partial charge in [-0.25, -0.2) is 14.3 Å². The van der Waals surface area contributed by atoms with E-state index in [9.17, 15) is 9.59 Å². The number of amides is 1. The lowest BCUT2D eigenvalue weighted by atomic mass is 10.3. The normalized spacial score (nSPS) is 11.9. The number of para-hydroxylation sites is 2. The van der Waals surface area contributed by atoms with E-state index in [0.717, 1.165) is 10.4 Å². The van der Waals surface area contributed by atoms with Gasteiger partial charge in [-0.2, -0.15) is 5.10 Å². The van der Waals surface area contributed by atoms with Gasteiger partial charge in [0.15, 0.2) is 11.8 Å². The predicted molar refractivity (Wildman–Crippen MR) is 104 cm³/mol. The Labute approximate surface area is 160 Å². The molecule has 0 aliphatic rings. The van der Waals surface area contributed by atoms with Gasteiger partial charge >= 0.3 is 0 Å². The van der Waals surface area contributed by atoms with Gasteiger partial charge in [-0.15, -0.1) is 0 Å². The molecule has 2 aromatic carbocycles. The zero-order valence-electron chi connectivity index (χ0n) is 15.0. The molecule has 8 nitrogen and oxygen atoms in total. The maximum atomic E-state index is 12.7. The number of carbonyl (C=O) groups excluding carboxylic acids is 1. The lowest BCUT2D eigenvalue weighted by Crippen LogP contribution is -2.39. The van der Waals surface area contributed by atoms with Gasteiger partial charge in [0.05, 0.1) is 11.9 Å². The third-order valence-electron chi connectivity index (χ3n) is 4.15. The summed E-state index contributed by atoms with van der Waals surface area (Å²) in [5.74, 6) is 0.0952. The van der Waals surface area contributed by atoms with Crippen molar-refractivity contribution in [2.75, 3.05) is 5.43 Å². The summed E-state index contributed by atoms with van der Waals surface area (Å²) >= 11 is 0. The topological polar surface area (TPSA) is 91.0 Å². The second-order valence-corrected chi connectivity index (χ2v) is 6.10. The Morgan fingerprint density at radius 3 is 2.46 bits per heavy atom. The van der Waals surface area contributed by atoms with E-state index in [2.05, 4.69) is 15.5 Å². The first-order valence-electron chi connectivity index (χ1n) is 8.67. The van der Waals surface area contributed by atoms with Crippen LogP contribution in [-0.2, 0) is 4.79 Å². The molecule has 2 heterocycles. The van der Waals surface area contributed by atoms with Crippen molar-refractivity contribution in [2.45, 2.75) is 13.0 Å². The molecule has 0 bridgehead atoms. The minimum atomic E-state index is -0.794. The van der Waals surface area contributed by atoms with Crippen molar-refractivity contribution in [1.82, 2.24) is 19.4 Å². The maximum absolute atomic E-state index is 12.7. The third kappa shape index (κ3) is 3.35. The molecule has 0 aliphatic carbocycles. The van der Waals surface area contributed by atoms with Gasteiger partial charge in [0.2, 0.25) is 0 Å². The zero-order valence-corrected chi connectivity index (χ0v) is 15.0. The summed E-state index contributed by atoms with van der Waals surface area (Å²) in [5, 5.41) is 4.54. The average Bonchev–Trinajstić information content (AvgIpc) is 3.16. The molecule has 1 atom stereocenters. The van der Waals surface area contributed by atoms with E-state index < -0.39 is 17.6 Å². The van der Waals surface area contributed by atoms with Crippen LogP contribution < -0.4 is 15.7 Å². The van der Waals surface area contributed by atoms with Crippen LogP contribution in [0.1, 0.15) is 6.92 Å². The fraction of sp³-hybridized carbons (Fsp3) is 0.100. The Morgan fingerprint density at radius 1 is 1.07 bits per heavy atom. The first kappa shape index (κ1) is 17.5. The molecule has 1 unspecified atom stereocenters. The lowest BCUT2D eigenvalue weighted by Gasteiger charge is -2.15. The molecule has 0 saturated heterocycles. The molecule has 1 N–H and O–H groups in total. The maximum Gasteiger partial charge on any atom is 0.283 e. The van der Waals surface area contributed by atoms with E-state index in [1.165, 1.54) is 12.5 Å². The van der Waals surface area contributed by atoms with Gasteiger partial charge in [0.1, 0.15) is 17.5 Å². The largest absolute Gasteiger partial charge is 0.481 e. The van der Waals surface area contributed by atoms with Crippen molar-refractivity contribution in [2.24, 2.45) is 0 Å². The van der Waals surface area contributed by atoms with Gasteiger partial charge in [-0.3, -0.25) is 15.0 Å². The van der Waals surface area contributed by atoms with Crippen LogP contribution in [0, 0.1) is 0 Å². The van der Waals surface area contributed by atoms with Crippen LogP contribution in [0.5, 0.6) is 5.75 Å². The molecule has 0 aliphatic heterocycles. The molecule has 0 saturated carbocycles. The van der Waals surface area contributed by atoms with Crippen LogP contribution in [0.2, 0.25) is 0 Å². The van der Waals surface area contributed by atoms with E-state index in [0.29, 0.717) is 16.8 Å². The molecule has 0 spiro atoms. The van der Waals surface area contributed by atoms with Crippen molar-refractivity contribution < 1.29 is 9.53 Å². The summed E-state index contributed by atoms with van der Waals surface area (Å²) in [7, 11) is 0. The first-order valence-corrected chi connectivity index (χ1v) is 8.67. The van der Waals surface area contributed by atoms with E-state index in [1.54, 1.807) is 23.7 Å². The second-order valence-electron chi connectivity index (χ2n) is 6.10. The van der Waals surface area contributed by atoms with Gasteiger partial charge in [-0.05, 0) is 31.2 Å². The highest BCUT2D eigenvalue weighted by Gasteiger charge is 2.17. The van der Waals surface area contributed by atoms with E-state index in [-0.39, 0.29) is 0 Å². The number of rotatable bonds is 5. The third-order valence-corrected chi connectivity index (χ3v) is 4.15. The molecule has 140 valence electrons. The predicted octanol–water partition coefficient (Wildman–Crippen LogP) is 2.12. The summed E-state index contributed by atoms with van der Waals surface area (Å²) in [5.41, 5.74) is 3.29. The van der Waals surface area contributed by atoms with Gasteiger partial charge in [0.25, 0.3) is 11.5 Å². The van der Waals surface area contributed by atoms with Gasteiger partial charge < -0.3 is 4.74 Å². The molecular weight excluding hydrogens is 358 g/mol. The van der Waals surface area contributed by atoms with E-state index in [4.69, 9.17) is 4.74 Å². The smallest absolute Gasteiger partial charge is 0.283 e. The molecule has 4 rings (SSSR count). The van der Waals surface area contributed by atoms with Crippen LogP contribution in [-0.4, -0.2) is 31.5 Å². The highest BCUT2D eigenvalue weighted by molar-refractivity contribution is 5.88. The number of benzene rings is 2. The number of nitrogens with one attached hydrogen (secondary N) is 1. The molecular formula is C20H17N5O3. The Morgan fingerprint density at radius 2 is 1.75 bits per heavy atom. The van der Waals surface area contributed by atoms with Crippen LogP contribution in [0.15, 0.2) is 78.0 Å². The van der Waals surface area contributed by atoms with Crippen molar-refractivity contribution in [1.29, 1.82) is 0 Å². The fourth-order valence-electron chi connectivity index (χ4n) is 2.72. The van der Waals surface area contributed by atoms with Crippen molar-refractivity contribution in [3.05, 3.63) is 83.5 Å². The number of hydrogen-bond donors (Lipinski definition) is 1. The summed E-state index contributed by atoms with van der Waals surface area (Å²) in [6, 6.07) is 18.4. The highest BCUT2D eigenvalue weighted by Crippen LogP contribution is 2.13. The quantitative estimate of drug-likeness (QED) is 0.577. The van der Waals surface area contributed by atoms with Crippen LogP contribution in [0.4, 0.5) is 0 Å². The fourth-order valence-corrected chi connectivity index (χ4v) is 2.72. The SMILES string of the molecule is CC(Oc1ccccc1)C(=O)Nn1cnc2c(cnn2-c2ccccc2)c1=O. The number of aromatic nitrogens is 4. The van der Waals surface area contributed by atoms with Crippen LogP contribution >= 0.6 is 0 Å². The highest BCUT2D eigenvalue weighted by atomic mass is 16.5. The number of fused-ring (bicyclic) bond motifs is 1. The molecule has 28 heavy (non-hydrogen) atoms. The van der Waals surface area contributed by atoms with E-state index in [1.807, 2.05) is 48.5 Å². The molecule has 8 heteroatoms. The number of ether oxygens (including phenoxy) is 1. The first-order chi connectivity index (χ1) is 13.6. The zero-order chi connectivity index (χ0) is 19.5. The molecule has 0 fully saturated rings. The summed E-state index contributed by atoms with van der Waals surface area (Å²) < 4.78 is 8.18. The lowest BCUT2D eigenvalue weighted by molar-refractivity contribution is -0.123. The number of carbonyl (C=O) groups is 1. The van der Waals surface area contributed by atoms with Crippen molar-refractivity contribution >= 4 is 16.9 Å². The number of nitrogens with zero attached hydrogens (tertiary/aromatic N) is 4. The monoisotopic (exact) mass is 375 g/mol. The molecule has 1 amide bonds.